The molecule has 0 saturated heterocycles. The summed E-state index contributed by atoms with van der Waals surface area (Å²) in [7, 11) is 1.71. The van der Waals surface area contributed by atoms with Gasteiger partial charge in [0.05, 0.1) is 6.61 Å². The molecular formula is C19H28O2. The molecule has 3 atom stereocenters. The monoisotopic (exact) mass is 288 g/mol. The second kappa shape index (κ2) is 5.92. The number of hydrogen-bond donors (Lipinski definition) is 0. The largest absolute Gasteiger partial charge is 0.384 e. The van der Waals surface area contributed by atoms with Crippen molar-refractivity contribution in [2.75, 3.05) is 13.7 Å². The van der Waals surface area contributed by atoms with Crippen molar-refractivity contribution in [1.82, 2.24) is 0 Å². The number of aldehydes is 1. The Hall–Kier alpha value is -1.15. The van der Waals surface area contributed by atoms with E-state index in [4.69, 9.17) is 4.74 Å². The molecule has 2 rings (SSSR count). The van der Waals surface area contributed by atoms with Gasteiger partial charge in [0.25, 0.3) is 0 Å². The zero-order chi connectivity index (χ0) is 15.8. The van der Waals surface area contributed by atoms with Crippen LogP contribution >= 0.6 is 0 Å². The molecule has 0 bridgehead atoms. The van der Waals surface area contributed by atoms with Gasteiger partial charge in [0.1, 0.15) is 6.29 Å². The van der Waals surface area contributed by atoms with Crippen molar-refractivity contribution in [3.63, 3.8) is 0 Å². The molecule has 0 amide bonds. The summed E-state index contributed by atoms with van der Waals surface area (Å²) in [5, 5.41) is 0. The van der Waals surface area contributed by atoms with E-state index in [0.29, 0.717) is 24.4 Å². The Morgan fingerprint density at radius 1 is 1.14 bits per heavy atom. The van der Waals surface area contributed by atoms with E-state index in [0.717, 1.165) is 6.29 Å². The van der Waals surface area contributed by atoms with Gasteiger partial charge in [-0.15, -0.1) is 0 Å². The van der Waals surface area contributed by atoms with Crippen LogP contribution in [0.5, 0.6) is 0 Å². The van der Waals surface area contributed by atoms with Gasteiger partial charge in [0.15, 0.2) is 0 Å². The van der Waals surface area contributed by atoms with E-state index in [1.807, 2.05) is 0 Å². The van der Waals surface area contributed by atoms with Crippen molar-refractivity contribution < 1.29 is 9.53 Å². The summed E-state index contributed by atoms with van der Waals surface area (Å²) in [6, 6.07) is 6.90. The van der Waals surface area contributed by atoms with Gasteiger partial charge in [0.2, 0.25) is 0 Å². The lowest BCUT2D eigenvalue weighted by Gasteiger charge is -2.19. The molecule has 0 N–H and O–H groups in total. The van der Waals surface area contributed by atoms with Crippen LogP contribution in [0.3, 0.4) is 0 Å². The van der Waals surface area contributed by atoms with E-state index >= 15 is 0 Å². The summed E-state index contributed by atoms with van der Waals surface area (Å²) >= 11 is 0. The number of carbonyl (C=O) groups excluding carboxylic acids is 1. The van der Waals surface area contributed by atoms with Crippen LogP contribution in [-0.2, 0) is 14.9 Å². The third-order valence-corrected chi connectivity index (χ3v) is 5.21. The predicted molar refractivity (Wildman–Crippen MR) is 86.9 cm³/mol. The summed E-state index contributed by atoms with van der Waals surface area (Å²) in [5.74, 6) is 1.39. The average Bonchev–Trinajstić information content (AvgIpc) is 3.03. The molecule has 0 unspecified atom stereocenters. The third kappa shape index (κ3) is 2.78. The lowest BCUT2D eigenvalue weighted by molar-refractivity contribution is -0.109. The minimum atomic E-state index is -0.0632. The number of methoxy groups -OCH3 is 1. The van der Waals surface area contributed by atoms with Crippen molar-refractivity contribution >= 4 is 6.29 Å². The topological polar surface area (TPSA) is 26.3 Å². The van der Waals surface area contributed by atoms with Gasteiger partial charge in [-0.3, -0.25) is 0 Å². The van der Waals surface area contributed by atoms with Gasteiger partial charge in [-0.05, 0) is 28.5 Å². The lowest BCUT2D eigenvalue weighted by atomic mass is 9.86. The molecule has 1 aliphatic carbocycles. The lowest BCUT2D eigenvalue weighted by Crippen LogP contribution is -2.11. The van der Waals surface area contributed by atoms with Crippen LogP contribution in [0.15, 0.2) is 18.2 Å². The summed E-state index contributed by atoms with van der Waals surface area (Å²) in [6.07, 6.45) is 1.11. The summed E-state index contributed by atoms with van der Waals surface area (Å²) in [6.45, 7) is 11.8. The van der Waals surface area contributed by atoms with Crippen molar-refractivity contribution in [3.05, 3.63) is 34.9 Å². The van der Waals surface area contributed by atoms with Crippen LogP contribution in [0.25, 0.3) is 0 Å². The fourth-order valence-electron chi connectivity index (χ4n) is 3.39. The molecular weight excluding hydrogens is 260 g/mol. The first kappa shape index (κ1) is 16.2. The Morgan fingerprint density at radius 3 is 2.05 bits per heavy atom. The Bertz CT molecular complexity index is 492. The number of ether oxygens (including phenoxy) is 1. The maximum absolute atomic E-state index is 11.4. The van der Waals surface area contributed by atoms with Gasteiger partial charge in [0, 0.05) is 24.4 Å². The highest BCUT2D eigenvalue weighted by Gasteiger charge is 2.62. The van der Waals surface area contributed by atoms with E-state index < -0.39 is 0 Å². The minimum Gasteiger partial charge on any atom is -0.384 e. The van der Waals surface area contributed by atoms with E-state index in [1.54, 1.807) is 7.11 Å². The van der Waals surface area contributed by atoms with Crippen molar-refractivity contribution in [2.24, 2.45) is 11.8 Å². The molecule has 1 aromatic rings. The fraction of sp³-hybridized carbons (Fsp3) is 0.632. The molecule has 21 heavy (non-hydrogen) atoms. The Morgan fingerprint density at radius 2 is 1.67 bits per heavy atom. The normalized spacial score (nSPS) is 28.2. The Balaban J connectivity index is 2.46. The predicted octanol–water partition coefficient (Wildman–Crippen LogP) is 4.28. The SMILES string of the molecule is COC[C@@H]1[C@H](C=O)[C@]1(C)c1cc(C(C)C)cc(C(C)C)c1. The van der Waals surface area contributed by atoms with Gasteiger partial charge in [-0.25, -0.2) is 0 Å². The van der Waals surface area contributed by atoms with Crippen LogP contribution in [0, 0.1) is 11.8 Å². The smallest absolute Gasteiger partial charge is 0.124 e. The summed E-state index contributed by atoms with van der Waals surface area (Å²) in [4.78, 5) is 11.4. The molecule has 1 aliphatic rings. The molecule has 2 nitrogen and oxygen atoms in total. The second-order valence-corrected chi connectivity index (χ2v) is 7.20. The maximum atomic E-state index is 11.4. The van der Waals surface area contributed by atoms with Gasteiger partial charge in [-0.2, -0.15) is 0 Å². The van der Waals surface area contributed by atoms with Crippen LogP contribution in [0.1, 0.15) is 63.1 Å². The number of rotatable bonds is 6. The first-order chi connectivity index (χ1) is 9.86. The Kier molecular flexibility index (Phi) is 4.57. The molecule has 0 heterocycles. The second-order valence-electron chi connectivity index (χ2n) is 7.20. The first-order valence-corrected chi connectivity index (χ1v) is 7.95. The van der Waals surface area contributed by atoms with E-state index in [9.17, 15) is 4.79 Å². The molecule has 0 aliphatic heterocycles. The van der Waals surface area contributed by atoms with Gasteiger partial charge >= 0.3 is 0 Å². The zero-order valence-corrected chi connectivity index (χ0v) is 14.1. The molecule has 0 spiro atoms. The highest BCUT2D eigenvalue weighted by molar-refractivity contribution is 5.66. The quantitative estimate of drug-likeness (QED) is 0.730. The molecule has 1 saturated carbocycles. The summed E-state index contributed by atoms with van der Waals surface area (Å²) in [5.41, 5.74) is 3.97. The van der Waals surface area contributed by atoms with Crippen LogP contribution in [0.4, 0.5) is 0 Å². The highest BCUT2D eigenvalue weighted by atomic mass is 16.5. The van der Waals surface area contributed by atoms with Crippen molar-refractivity contribution in [2.45, 2.75) is 51.9 Å². The average molecular weight is 288 g/mol. The summed E-state index contributed by atoms with van der Waals surface area (Å²) < 4.78 is 5.31. The van der Waals surface area contributed by atoms with E-state index in [1.165, 1.54) is 16.7 Å². The van der Waals surface area contributed by atoms with Gasteiger partial charge < -0.3 is 9.53 Å². The van der Waals surface area contributed by atoms with E-state index in [2.05, 4.69) is 52.8 Å². The minimum absolute atomic E-state index is 0.0632. The molecule has 0 aromatic heterocycles. The standard InChI is InChI=1S/C19H28O2/c1-12(2)14-7-15(13(3)4)9-16(8-14)19(5)17(10-20)18(19)11-21-6/h7-10,12-13,17-18H,11H2,1-6H3/t17-,18+,19-/m0/s1. The van der Waals surface area contributed by atoms with Crippen LogP contribution in [-0.4, -0.2) is 20.0 Å². The van der Waals surface area contributed by atoms with E-state index in [-0.39, 0.29) is 11.3 Å². The number of benzene rings is 1. The highest BCUT2D eigenvalue weighted by Crippen LogP contribution is 2.59. The molecule has 1 aromatic carbocycles. The van der Waals surface area contributed by atoms with Crippen LogP contribution in [0.2, 0.25) is 0 Å². The van der Waals surface area contributed by atoms with Crippen molar-refractivity contribution in [3.8, 4) is 0 Å². The first-order valence-electron chi connectivity index (χ1n) is 7.95. The van der Waals surface area contributed by atoms with Crippen LogP contribution < -0.4 is 0 Å². The van der Waals surface area contributed by atoms with Gasteiger partial charge in [-0.1, -0.05) is 52.8 Å². The number of carbonyl (C=O) groups is 1. The maximum Gasteiger partial charge on any atom is 0.124 e. The van der Waals surface area contributed by atoms with Crippen molar-refractivity contribution in [1.29, 1.82) is 0 Å². The zero-order valence-electron chi connectivity index (χ0n) is 14.1. The molecule has 0 radical (unpaired) electrons. The molecule has 2 heteroatoms. The third-order valence-electron chi connectivity index (χ3n) is 5.21. The molecule has 1 fully saturated rings. The fourth-order valence-corrected chi connectivity index (χ4v) is 3.39. The number of hydrogen-bond acceptors (Lipinski definition) is 2. The molecule has 116 valence electrons. The Labute approximate surface area is 128 Å².